The second kappa shape index (κ2) is 11.1. The van der Waals surface area contributed by atoms with Crippen LogP contribution in [0.2, 0.25) is 5.02 Å². The summed E-state index contributed by atoms with van der Waals surface area (Å²) in [4.78, 5) is 18.6. The van der Waals surface area contributed by atoms with Crippen LogP contribution in [0, 0.1) is 5.41 Å². The molecular formula is C19H31ClN4O2. The molecule has 2 N–H and O–H groups in total. The Kier molecular flexibility index (Phi) is 9.59. The number of carbonyl (C=O) groups is 1. The van der Waals surface area contributed by atoms with Gasteiger partial charge in [0.2, 0.25) is 0 Å². The van der Waals surface area contributed by atoms with E-state index < -0.39 is 5.97 Å². The van der Waals surface area contributed by atoms with Gasteiger partial charge in [-0.1, -0.05) is 25.4 Å². The second-order valence-electron chi connectivity index (χ2n) is 6.16. The largest absolute Gasteiger partial charge is 0.462 e. The molecule has 2 heterocycles. The van der Waals surface area contributed by atoms with Crippen LogP contribution in [-0.2, 0) is 4.74 Å². The molecule has 1 aromatic rings. The first-order valence-electron chi connectivity index (χ1n) is 9.34. The number of hydrogen-bond acceptors (Lipinski definition) is 6. The highest BCUT2D eigenvalue weighted by molar-refractivity contribution is 6.36. The van der Waals surface area contributed by atoms with Crippen molar-refractivity contribution < 1.29 is 9.53 Å². The summed E-state index contributed by atoms with van der Waals surface area (Å²) in [6, 6.07) is 0.843. The first-order chi connectivity index (χ1) is 12.5. The van der Waals surface area contributed by atoms with Gasteiger partial charge in [-0.25, -0.2) is 9.78 Å². The summed E-state index contributed by atoms with van der Waals surface area (Å²) in [6.07, 6.45) is 4.56. The maximum Gasteiger partial charge on any atom is 0.341 e. The fourth-order valence-corrected chi connectivity index (χ4v) is 3.13. The Bertz CT molecular complexity index is 599. The summed E-state index contributed by atoms with van der Waals surface area (Å²) in [7, 11) is 0. The van der Waals surface area contributed by atoms with Gasteiger partial charge in [0.15, 0.2) is 0 Å². The van der Waals surface area contributed by atoms with Gasteiger partial charge in [-0.15, -0.1) is 0 Å². The monoisotopic (exact) mass is 382 g/mol. The van der Waals surface area contributed by atoms with Gasteiger partial charge in [0.25, 0.3) is 0 Å². The number of rotatable bonds is 6. The van der Waals surface area contributed by atoms with Crippen molar-refractivity contribution in [3.8, 4) is 0 Å². The summed E-state index contributed by atoms with van der Waals surface area (Å²) < 4.78 is 4.97. The third kappa shape index (κ3) is 5.68. The minimum absolute atomic E-state index is 0.192. The molecule has 0 radical (unpaired) electrons. The van der Waals surface area contributed by atoms with Crippen LogP contribution in [0.3, 0.4) is 0 Å². The van der Waals surface area contributed by atoms with Crippen molar-refractivity contribution in [2.24, 2.45) is 0 Å². The lowest BCUT2D eigenvalue weighted by Crippen LogP contribution is -2.42. The number of anilines is 1. The van der Waals surface area contributed by atoms with E-state index in [9.17, 15) is 4.79 Å². The van der Waals surface area contributed by atoms with Crippen molar-refractivity contribution >= 4 is 29.6 Å². The van der Waals surface area contributed by atoms with Crippen LogP contribution in [0.4, 0.5) is 5.82 Å². The van der Waals surface area contributed by atoms with Crippen LogP contribution in [-0.4, -0.2) is 53.8 Å². The second-order valence-corrected chi connectivity index (χ2v) is 6.54. The molecule has 26 heavy (non-hydrogen) atoms. The number of likely N-dealkylation sites (tertiary alicyclic amines) is 1. The molecule has 146 valence electrons. The van der Waals surface area contributed by atoms with Crippen LogP contribution >= 0.6 is 11.6 Å². The zero-order chi connectivity index (χ0) is 19.7. The summed E-state index contributed by atoms with van der Waals surface area (Å²) >= 11 is 6.29. The number of nitrogens with one attached hydrogen (secondary N) is 2. The van der Waals surface area contributed by atoms with Crippen molar-refractivity contribution in [2.75, 3.05) is 25.0 Å². The van der Waals surface area contributed by atoms with E-state index in [2.05, 4.69) is 29.0 Å². The quantitative estimate of drug-likeness (QED) is 0.568. The van der Waals surface area contributed by atoms with Gasteiger partial charge in [-0.05, 0) is 33.6 Å². The molecule has 2 rings (SSSR count). The third-order valence-electron chi connectivity index (χ3n) is 4.29. The van der Waals surface area contributed by atoms with Gasteiger partial charge < -0.3 is 20.4 Å². The Hall–Kier alpha value is -1.66. The van der Waals surface area contributed by atoms with E-state index in [1.165, 1.54) is 6.20 Å². The molecule has 1 fully saturated rings. The molecule has 1 aromatic heterocycles. The molecule has 0 bridgehead atoms. The molecule has 1 aliphatic rings. The minimum atomic E-state index is -0.519. The van der Waals surface area contributed by atoms with E-state index in [1.807, 2.05) is 13.8 Å². The maximum atomic E-state index is 11.9. The zero-order valence-corrected chi connectivity index (χ0v) is 17.2. The van der Waals surface area contributed by atoms with Crippen LogP contribution in [0.25, 0.3) is 0 Å². The predicted molar refractivity (Wildman–Crippen MR) is 108 cm³/mol. The van der Waals surface area contributed by atoms with Gasteiger partial charge in [-0.2, -0.15) is 0 Å². The molecule has 0 atom stereocenters. The SMILES string of the molecule is CC.CCOC(=O)c1cnc(NC2CCN(C(C)C)CC2)c(C=N)c1Cl. The highest BCUT2D eigenvalue weighted by Crippen LogP contribution is 2.27. The van der Waals surface area contributed by atoms with Crippen molar-refractivity contribution in [3.05, 3.63) is 22.3 Å². The molecule has 1 saturated heterocycles. The van der Waals surface area contributed by atoms with Crippen molar-refractivity contribution in [1.82, 2.24) is 9.88 Å². The van der Waals surface area contributed by atoms with Crippen molar-refractivity contribution in [2.45, 2.75) is 59.5 Å². The lowest BCUT2D eigenvalue weighted by Gasteiger charge is -2.35. The number of piperidine rings is 1. The number of hydrogen-bond donors (Lipinski definition) is 2. The fourth-order valence-electron chi connectivity index (χ4n) is 2.86. The fraction of sp³-hybridized carbons (Fsp3) is 0.632. The standard InChI is InChI=1S/C17H25ClN4O2.C2H6/c1-4-24-17(23)14-10-20-16(13(9-19)15(14)18)21-12-5-7-22(8-6-12)11(2)3;1-2/h9-12,19H,4-8H2,1-3H3,(H,20,21);1-2H3. The average molecular weight is 383 g/mol. The molecular weight excluding hydrogens is 352 g/mol. The Balaban J connectivity index is 0.00000163. The van der Waals surface area contributed by atoms with Crippen molar-refractivity contribution in [1.29, 1.82) is 5.41 Å². The van der Waals surface area contributed by atoms with Crippen LogP contribution < -0.4 is 5.32 Å². The molecule has 0 unspecified atom stereocenters. The maximum absolute atomic E-state index is 11.9. The van der Waals surface area contributed by atoms with E-state index in [4.69, 9.17) is 21.7 Å². The van der Waals surface area contributed by atoms with E-state index in [-0.39, 0.29) is 23.2 Å². The molecule has 0 aliphatic carbocycles. The lowest BCUT2D eigenvalue weighted by molar-refractivity contribution is 0.0526. The zero-order valence-electron chi connectivity index (χ0n) is 16.4. The molecule has 1 aliphatic heterocycles. The number of esters is 1. The number of carbonyl (C=O) groups excluding carboxylic acids is 1. The summed E-state index contributed by atoms with van der Waals surface area (Å²) in [5, 5.41) is 11.2. The van der Waals surface area contributed by atoms with Gasteiger partial charge in [0.1, 0.15) is 5.82 Å². The number of pyridine rings is 1. The Morgan fingerprint density at radius 1 is 1.46 bits per heavy atom. The summed E-state index contributed by atoms with van der Waals surface area (Å²) in [6.45, 7) is 12.5. The number of ether oxygens (including phenoxy) is 1. The summed E-state index contributed by atoms with van der Waals surface area (Å²) in [5.74, 6) is 0.0286. The molecule has 0 aromatic carbocycles. The van der Waals surface area contributed by atoms with E-state index in [0.717, 1.165) is 32.1 Å². The van der Waals surface area contributed by atoms with E-state index in [0.29, 0.717) is 17.4 Å². The highest BCUT2D eigenvalue weighted by atomic mass is 35.5. The Labute approximate surface area is 161 Å². The Morgan fingerprint density at radius 2 is 2.08 bits per heavy atom. The van der Waals surface area contributed by atoms with Crippen LogP contribution in [0.1, 0.15) is 63.4 Å². The van der Waals surface area contributed by atoms with Crippen LogP contribution in [0.15, 0.2) is 6.20 Å². The molecule has 0 amide bonds. The van der Waals surface area contributed by atoms with Gasteiger partial charge in [0.05, 0.1) is 22.8 Å². The minimum Gasteiger partial charge on any atom is -0.462 e. The van der Waals surface area contributed by atoms with Gasteiger partial charge in [0, 0.05) is 37.6 Å². The van der Waals surface area contributed by atoms with E-state index in [1.54, 1.807) is 6.92 Å². The third-order valence-corrected chi connectivity index (χ3v) is 4.70. The Morgan fingerprint density at radius 3 is 2.58 bits per heavy atom. The molecule has 0 saturated carbocycles. The smallest absolute Gasteiger partial charge is 0.341 e. The average Bonchev–Trinajstić information content (AvgIpc) is 2.64. The van der Waals surface area contributed by atoms with E-state index >= 15 is 0 Å². The lowest BCUT2D eigenvalue weighted by atomic mass is 10.0. The topological polar surface area (TPSA) is 78.3 Å². The summed E-state index contributed by atoms with van der Waals surface area (Å²) in [5.41, 5.74) is 0.616. The number of halogens is 1. The first-order valence-corrected chi connectivity index (χ1v) is 9.72. The molecule has 6 nitrogen and oxygen atoms in total. The number of aromatic nitrogens is 1. The van der Waals surface area contributed by atoms with Gasteiger partial charge in [-0.3, -0.25) is 0 Å². The molecule has 0 spiro atoms. The predicted octanol–water partition coefficient (Wildman–Crippen LogP) is 4.22. The number of nitrogens with zero attached hydrogens (tertiary/aromatic N) is 2. The normalized spacial score (nSPS) is 15.2. The highest BCUT2D eigenvalue weighted by Gasteiger charge is 2.23. The van der Waals surface area contributed by atoms with Gasteiger partial charge >= 0.3 is 5.97 Å². The molecule has 7 heteroatoms. The van der Waals surface area contributed by atoms with Crippen LogP contribution in [0.5, 0.6) is 0 Å². The van der Waals surface area contributed by atoms with Crippen molar-refractivity contribution in [3.63, 3.8) is 0 Å². The first kappa shape index (κ1) is 22.4.